The Balaban J connectivity index is 1.77. The standard InChI is InChI=1S/C18H34N2O/c1-15-5-7-16(8-6-15)17(19-2)18(9-3-4-10-18)20-11-13-21-14-12-20/h15-17,19H,3-14H2,1-2H3. The average Bonchev–Trinajstić information content (AvgIpc) is 3.01. The van der Waals surface area contributed by atoms with Crippen molar-refractivity contribution < 1.29 is 4.74 Å². The Labute approximate surface area is 130 Å². The van der Waals surface area contributed by atoms with Gasteiger partial charge in [0.05, 0.1) is 13.2 Å². The number of likely N-dealkylation sites (N-methyl/N-ethyl adjacent to an activating group) is 1. The molecule has 3 nitrogen and oxygen atoms in total. The Morgan fingerprint density at radius 2 is 1.67 bits per heavy atom. The highest BCUT2D eigenvalue weighted by molar-refractivity contribution is 5.06. The van der Waals surface area contributed by atoms with Gasteiger partial charge < -0.3 is 10.1 Å². The molecule has 0 aromatic heterocycles. The van der Waals surface area contributed by atoms with Crippen LogP contribution in [0.15, 0.2) is 0 Å². The second kappa shape index (κ2) is 6.97. The molecular weight excluding hydrogens is 260 g/mol. The fourth-order valence-corrected chi connectivity index (χ4v) is 5.38. The third kappa shape index (κ3) is 3.16. The van der Waals surface area contributed by atoms with E-state index in [0.29, 0.717) is 11.6 Å². The molecule has 1 aliphatic heterocycles. The minimum absolute atomic E-state index is 0.420. The van der Waals surface area contributed by atoms with E-state index in [4.69, 9.17) is 4.74 Å². The summed E-state index contributed by atoms with van der Waals surface area (Å²) in [7, 11) is 2.21. The van der Waals surface area contributed by atoms with Crippen LogP contribution in [0.3, 0.4) is 0 Å². The first kappa shape index (κ1) is 15.8. The van der Waals surface area contributed by atoms with E-state index in [0.717, 1.165) is 38.1 Å². The molecule has 0 aromatic rings. The number of ether oxygens (including phenoxy) is 1. The van der Waals surface area contributed by atoms with Crippen LogP contribution in [0.2, 0.25) is 0 Å². The highest BCUT2D eigenvalue weighted by atomic mass is 16.5. The summed E-state index contributed by atoms with van der Waals surface area (Å²) in [6.07, 6.45) is 11.3. The molecule has 3 rings (SSSR count). The molecule has 0 bridgehead atoms. The van der Waals surface area contributed by atoms with Crippen molar-refractivity contribution >= 4 is 0 Å². The molecule has 0 aromatic carbocycles. The molecule has 2 saturated carbocycles. The summed E-state index contributed by atoms with van der Waals surface area (Å²) in [5.41, 5.74) is 0.420. The molecule has 1 heterocycles. The van der Waals surface area contributed by atoms with Crippen molar-refractivity contribution in [1.82, 2.24) is 10.2 Å². The van der Waals surface area contributed by atoms with Crippen molar-refractivity contribution in [3.05, 3.63) is 0 Å². The first-order valence-corrected chi connectivity index (χ1v) is 9.26. The lowest BCUT2D eigenvalue weighted by Gasteiger charge is -2.51. The van der Waals surface area contributed by atoms with E-state index in [1.54, 1.807) is 0 Å². The van der Waals surface area contributed by atoms with Gasteiger partial charge in [0.2, 0.25) is 0 Å². The highest BCUT2D eigenvalue weighted by Gasteiger charge is 2.48. The fourth-order valence-electron chi connectivity index (χ4n) is 5.38. The van der Waals surface area contributed by atoms with Gasteiger partial charge in [0.15, 0.2) is 0 Å². The average molecular weight is 294 g/mol. The predicted octanol–water partition coefficient (Wildman–Crippen LogP) is 3.05. The van der Waals surface area contributed by atoms with E-state index < -0.39 is 0 Å². The summed E-state index contributed by atoms with van der Waals surface area (Å²) in [6, 6.07) is 0.686. The zero-order valence-electron chi connectivity index (χ0n) is 14.1. The number of nitrogens with one attached hydrogen (secondary N) is 1. The molecule has 1 N–H and O–H groups in total. The summed E-state index contributed by atoms with van der Waals surface area (Å²) >= 11 is 0. The van der Waals surface area contributed by atoms with Crippen molar-refractivity contribution in [2.75, 3.05) is 33.4 Å². The largest absolute Gasteiger partial charge is 0.379 e. The zero-order chi connectivity index (χ0) is 14.7. The highest BCUT2D eigenvalue weighted by Crippen LogP contribution is 2.44. The maximum Gasteiger partial charge on any atom is 0.0594 e. The van der Waals surface area contributed by atoms with Crippen molar-refractivity contribution in [3.63, 3.8) is 0 Å². The van der Waals surface area contributed by atoms with Gasteiger partial charge >= 0.3 is 0 Å². The van der Waals surface area contributed by atoms with Gasteiger partial charge in [0.25, 0.3) is 0 Å². The summed E-state index contributed by atoms with van der Waals surface area (Å²) in [4.78, 5) is 2.79. The summed E-state index contributed by atoms with van der Waals surface area (Å²) < 4.78 is 5.62. The molecule has 3 aliphatic rings. The lowest BCUT2D eigenvalue weighted by molar-refractivity contribution is -0.0471. The number of morpholine rings is 1. The van der Waals surface area contributed by atoms with Crippen molar-refractivity contribution in [2.45, 2.75) is 69.9 Å². The van der Waals surface area contributed by atoms with E-state index in [1.165, 1.54) is 51.4 Å². The van der Waals surface area contributed by atoms with Crippen molar-refractivity contribution in [2.24, 2.45) is 11.8 Å². The van der Waals surface area contributed by atoms with Crippen LogP contribution in [0.5, 0.6) is 0 Å². The van der Waals surface area contributed by atoms with Crippen molar-refractivity contribution in [3.8, 4) is 0 Å². The Morgan fingerprint density at radius 3 is 2.24 bits per heavy atom. The smallest absolute Gasteiger partial charge is 0.0594 e. The summed E-state index contributed by atoms with van der Waals surface area (Å²) in [5, 5.41) is 3.78. The number of hydrogen-bond acceptors (Lipinski definition) is 3. The van der Waals surface area contributed by atoms with E-state index >= 15 is 0 Å². The Kier molecular flexibility index (Phi) is 5.23. The molecule has 0 amide bonds. The second-order valence-corrected chi connectivity index (χ2v) is 7.70. The van der Waals surface area contributed by atoms with Gasteiger partial charge in [-0.1, -0.05) is 32.6 Å². The van der Waals surface area contributed by atoms with Crippen molar-refractivity contribution in [1.29, 1.82) is 0 Å². The molecule has 122 valence electrons. The van der Waals surface area contributed by atoms with E-state index in [1.807, 2.05) is 0 Å². The molecule has 1 saturated heterocycles. The van der Waals surface area contributed by atoms with Crippen LogP contribution in [0, 0.1) is 11.8 Å². The Bertz CT molecular complexity index is 313. The topological polar surface area (TPSA) is 24.5 Å². The van der Waals surface area contributed by atoms with Gasteiger partial charge in [-0.2, -0.15) is 0 Å². The zero-order valence-corrected chi connectivity index (χ0v) is 14.1. The normalized spacial score (nSPS) is 35.7. The van der Waals surface area contributed by atoms with Crippen LogP contribution in [0.1, 0.15) is 58.3 Å². The Hall–Kier alpha value is -0.120. The van der Waals surface area contributed by atoms with Crippen LogP contribution in [0.25, 0.3) is 0 Å². The maximum absolute atomic E-state index is 5.62. The number of nitrogens with zero attached hydrogens (tertiary/aromatic N) is 1. The number of hydrogen-bond donors (Lipinski definition) is 1. The van der Waals surface area contributed by atoms with Crippen LogP contribution in [-0.4, -0.2) is 49.8 Å². The van der Waals surface area contributed by atoms with Gasteiger partial charge in [-0.3, -0.25) is 4.90 Å². The van der Waals surface area contributed by atoms with Gasteiger partial charge in [-0.15, -0.1) is 0 Å². The number of rotatable bonds is 4. The monoisotopic (exact) mass is 294 g/mol. The lowest BCUT2D eigenvalue weighted by Crippen LogP contribution is -2.64. The SMILES string of the molecule is CNC(C1CCC(C)CC1)C1(N2CCOCC2)CCCC1. The molecule has 1 atom stereocenters. The van der Waals surface area contributed by atoms with Crippen LogP contribution < -0.4 is 5.32 Å². The maximum atomic E-state index is 5.62. The third-order valence-corrected chi connectivity index (χ3v) is 6.53. The predicted molar refractivity (Wildman–Crippen MR) is 87.6 cm³/mol. The second-order valence-electron chi connectivity index (χ2n) is 7.70. The van der Waals surface area contributed by atoms with Crippen LogP contribution >= 0.6 is 0 Å². The van der Waals surface area contributed by atoms with Crippen LogP contribution in [-0.2, 0) is 4.74 Å². The minimum atomic E-state index is 0.420. The lowest BCUT2D eigenvalue weighted by atomic mass is 9.71. The quantitative estimate of drug-likeness (QED) is 0.862. The van der Waals surface area contributed by atoms with E-state index in [2.05, 4.69) is 24.2 Å². The molecular formula is C18H34N2O. The van der Waals surface area contributed by atoms with E-state index in [-0.39, 0.29) is 0 Å². The van der Waals surface area contributed by atoms with Gasteiger partial charge in [-0.25, -0.2) is 0 Å². The summed E-state index contributed by atoms with van der Waals surface area (Å²) in [6.45, 7) is 6.57. The molecule has 3 heteroatoms. The molecule has 2 aliphatic carbocycles. The molecule has 3 fully saturated rings. The Morgan fingerprint density at radius 1 is 1.05 bits per heavy atom. The molecule has 1 unspecified atom stereocenters. The first-order chi connectivity index (χ1) is 10.3. The van der Waals surface area contributed by atoms with Gasteiger partial charge in [0.1, 0.15) is 0 Å². The van der Waals surface area contributed by atoms with Crippen LogP contribution in [0.4, 0.5) is 0 Å². The minimum Gasteiger partial charge on any atom is -0.379 e. The van der Waals surface area contributed by atoms with E-state index in [9.17, 15) is 0 Å². The fraction of sp³-hybridized carbons (Fsp3) is 1.00. The molecule has 0 radical (unpaired) electrons. The summed E-state index contributed by atoms with van der Waals surface area (Å²) in [5.74, 6) is 1.83. The first-order valence-electron chi connectivity index (χ1n) is 9.26. The molecule has 21 heavy (non-hydrogen) atoms. The van der Waals surface area contributed by atoms with Gasteiger partial charge in [0, 0.05) is 24.7 Å². The van der Waals surface area contributed by atoms with Gasteiger partial charge in [-0.05, 0) is 44.6 Å². The molecule has 0 spiro atoms. The third-order valence-electron chi connectivity index (χ3n) is 6.53.